The van der Waals surface area contributed by atoms with E-state index in [1.54, 1.807) is 38.1 Å². The molecule has 0 aliphatic carbocycles. The van der Waals surface area contributed by atoms with Crippen LogP contribution in [0.25, 0.3) is 6.08 Å². The molecule has 6 nitrogen and oxygen atoms in total. The van der Waals surface area contributed by atoms with Gasteiger partial charge in [-0.25, -0.2) is 0 Å². The fourth-order valence-electron chi connectivity index (χ4n) is 1.49. The van der Waals surface area contributed by atoms with Crippen LogP contribution in [0.5, 0.6) is 5.75 Å². The zero-order valence-corrected chi connectivity index (χ0v) is 13.2. The van der Waals surface area contributed by atoms with Gasteiger partial charge in [0.25, 0.3) is 0 Å². The molecular weight excluding hydrogens is 293 g/mol. The van der Waals surface area contributed by atoms with Gasteiger partial charge in [0.1, 0.15) is 12.4 Å². The SMILES string of the molecule is CCO[P+](=O)C(C)COc1ccc(C=C(C)[N+](=O)[O-])cc1. The minimum atomic E-state index is -1.72. The van der Waals surface area contributed by atoms with Gasteiger partial charge in [0, 0.05) is 13.0 Å². The highest BCUT2D eigenvalue weighted by Gasteiger charge is 2.28. The fourth-order valence-corrected chi connectivity index (χ4v) is 2.19. The van der Waals surface area contributed by atoms with Gasteiger partial charge in [-0.1, -0.05) is 12.1 Å². The lowest BCUT2D eigenvalue weighted by Crippen LogP contribution is -2.11. The maximum atomic E-state index is 11.6. The summed E-state index contributed by atoms with van der Waals surface area (Å²) in [6.07, 6.45) is 1.48. The highest BCUT2D eigenvalue weighted by Crippen LogP contribution is 2.29. The van der Waals surface area contributed by atoms with Gasteiger partial charge in [0.2, 0.25) is 11.4 Å². The normalized spacial score (nSPS) is 13.7. The van der Waals surface area contributed by atoms with Gasteiger partial charge < -0.3 is 4.74 Å². The minimum Gasteiger partial charge on any atom is -0.489 e. The van der Waals surface area contributed by atoms with Crippen molar-refractivity contribution in [2.24, 2.45) is 0 Å². The third-order valence-corrected chi connectivity index (χ3v) is 4.03. The molecule has 114 valence electrons. The van der Waals surface area contributed by atoms with Gasteiger partial charge in [-0.15, -0.1) is 4.52 Å². The largest absolute Gasteiger partial charge is 0.514 e. The lowest BCUT2D eigenvalue weighted by Gasteiger charge is -2.06. The molecule has 2 unspecified atom stereocenters. The topological polar surface area (TPSA) is 78.7 Å². The number of benzene rings is 1. The van der Waals surface area contributed by atoms with Gasteiger partial charge in [0.05, 0.1) is 11.5 Å². The third-order valence-electron chi connectivity index (χ3n) is 2.65. The van der Waals surface area contributed by atoms with Crippen molar-refractivity contribution in [1.82, 2.24) is 0 Å². The third kappa shape index (κ3) is 6.02. The van der Waals surface area contributed by atoms with E-state index >= 15 is 0 Å². The number of nitrogens with zero attached hydrogens (tertiary/aromatic N) is 1. The van der Waals surface area contributed by atoms with Gasteiger partial charge in [-0.3, -0.25) is 10.1 Å². The van der Waals surface area contributed by atoms with Crippen LogP contribution in [-0.4, -0.2) is 23.8 Å². The van der Waals surface area contributed by atoms with Gasteiger partial charge in [-0.05, 0) is 36.1 Å². The van der Waals surface area contributed by atoms with E-state index in [1.165, 1.54) is 13.0 Å². The van der Waals surface area contributed by atoms with Crippen LogP contribution in [0.3, 0.4) is 0 Å². The Kier molecular flexibility index (Phi) is 6.99. The first-order valence-electron chi connectivity index (χ1n) is 6.58. The second-order valence-electron chi connectivity index (χ2n) is 4.48. The summed E-state index contributed by atoms with van der Waals surface area (Å²) in [7, 11) is -1.72. The lowest BCUT2D eigenvalue weighted by atomic mass is 10.2. The second-order valence-corrected chi connectivity index (χ2v) is 6.19. The maximum absolute atomic E-state index is 11.6. The molecule has 1 rings (SSSR count). The zero-order chi connectivity index (χ0) is 15.8. The van der Waals surface area contributed by atoms with Crippen molar-refractivity contribution in [2.45, 2.75) is 26.4 Å². The molecule has 0 saturated carbocycles. The van der Waals surface area contributed by atoms with Crippen molar-refractivity contribution in [3.63, 3.8) is 0 Å². The first-order chi connectivity index (χ1) is 9.93. The quantitative estimate of drug-likeness (QED) is 0.413. The van der Waals surface area contributed by atoms with E-state index in [4.69, 9.17) is 9.26 Å². The van der Waals surface area contributed by atoms with Gasteiger partial charge in [0.15, 0.2) is 0 Å². The molecule has 21 heavy (non-hydrogen) atoms. The van der Waals surface area contributed by atoms with Crippen LogP contribution in [0.4, 0.5) is 0 Å². The molecule has 0 fully saturated rings. The summed E-state index contributed by atoms with van der Waals surface area (Å²) < 4.78 is 22.1. The smallest absolute Gasteiger partial charge is 0.489 e. The fraction of sp³-hybridized carbons (Fsp3) is 0.429. The number of allylic oxidation sites excluding steroid dienone is 1. The van der Waals surface area contributed by atoms with Crippen molar-refractivity contribution in [1.29, 1.82) is 0 Å². The summed E-state index contributed by atoms with van der Waals surface area (Å²) in [5, 5.41) is 10.5. The van der Waals surface area contributed by atoms with Crippen LogP contribution in [0.1, 0.15) is 26.3 Å². The first kappa shape index (κ1) is 17.3. The summed E-state index contributed by atoms with van der Waals surface area (Å²) in [4.78, 5) is 10.1. The Labute approximate surface area is 124 Å². The number of hydrogen-bond acceptors (Lipinski definition) is 5. The van der Waals surface area contributed by atoms with Crippen molar-refractivity contribution < 1.29 is 18.7 Å². The average Bonchev–Trinajstić information content (AvgIpc) is 2.46. The number of ether oxygens (including phenoxy) is 1. The molecule has 0 aliphatic heterocycles. The number of rotatable bonds is 8. The summed E-state index contributed by atoms with van der Waals surface area (Å²) in [5.41, 5.74) is 0.604. The highest BCUT2D eigenvalue weighted by atomic mass is 31.1. The lowest BCUT2D eigenvalue weighted by molar-refractivity contribution is -0.422. The van der Waals surface area contributed by atoms with E-state index in [9.17, 15) is 14.7 Å². The molecule has 0 spiro atoms. The molecule has 0 N–H and O–H groups in total. The Morgan fingerprint density at radius 3 is 2.57 bits per heavy atom. The van der Waals surface area contributed by atoms with Crippen LogP contribution in [-0.2, 0) is 9.09 Å². The standard InChI is InChI=1S/C14H19NO5P/c1-4-20-21(18)12(3)10-19-14-7-5-13(6-8-14)9-11(2)15(16)17/h5-9,12H,4,10H2,1-3H3/q+1. The van der Waals surface area contributed by atoms with Gasteiger partial charge in [-0.2, -0.15) is 0 Å². The van der Waals surface area contributed by atoms with E-state index in [-0.39, 0.29) is 18.0 Å². The Morgan fingerprint density at radius 1 is 1.43 bits per heavy atom. The molecule has 0 heterocycles. The summed E-state index contributed by atoms with van der Waals surface area (Å²) in [5.74, 6) is 0.623. The summed E-state index contributed by atoms with van der Waals surface area (Å²) in [6.45, 7) is 5.73. The van der Waals surface area contributed by atoms with Crippen molar-refractivity contribution >= 4 is 14.1 Å². The average molecular weight is 312 g/mol. The van der Waals surface area contributed by atoms with Crippen molar-refractivity contribution in [3.8, 4) is 5.75 Å². The van der Waals surface area contributed by atoms with Crippen molar-refractivity contribution in [2.75, 3.05) is 13.2 Å². The molecule has 7 heteroatoms. The van der Waals surface area contributed by atoms with Crippen LogP contribution in [0.2, 0.25) is 0 Å². The predicted molar refractivity (Wildman–Crippen MR) is 81.3 cm³/mol. The van der Waals surface area contributed by atoms with Crippen LogP contribution in [0.15, 0.2) is 30.0 Å². The zero-order valence-electron chi connectivity index (χ0n) is 12.3. The Balaban J connectivity index is 2.57. The second kappa shape index (κ2) is 8.49. The molecular formula is C14H19NO5P+. The van der Waals surface area contributed by atoms with E-state index in [0.717, 1.165) is 5.56 Å². The predicted octanol–water partition coefficient (Wildman–Crippen LogP) is 3.87. The Hall–Kier alpha value is -1.78. The van der Waals surface area contributed by atoms with Crippen molar-refractivity contribution in [3.05, 3.63) is 45.6 Å². The molecule has 0 aromatic heterocycles. The highest BCUT2D eigenvalue weighted by molar-refractivity contribution is 7.40. The Morgan fingerprint density at radius 2 is 2.05 bits per heavy atom. The van der Waals surface area contributed by atoms with E-state index in [0.29, 0.717) is 12.4 Å². The van der Waals surface area contributed by atoms with E-state index < -0.39 is 13.0 Å². The Bertz CT molecular complexity index is 527. The molecule has 0 amide bonds. The molecule has 0 aliphatic rings. The molecule has 0 bridgehead atoms. The van der Waals surface area contributed by atoms with Gasteiger partial charge >= 0.3 is 8.03 Å². The van der Waals surface area contributed by atoms with Crippen LogP contribution in [0, 0.1) is 10.1 Å². The summed E-state index contributed by atoms with van der Waals surface area (Å²) in [6, 6.07) is 6.91. The first-order valence-corrected chi connectivity index (χ1v) is 7.83. The van der Waals surface area contributed by atoms with Crippen LogP contribution < -0.4 is 4.74 Å². The van der Waals surface area contributed by atoms with E-state index in [1.807, 2.05) is 0 Å². The number of hydrogen-bond donors (Lipinski definition) is 0. The molecule has 2 atom stereocenters. The molecule has 0 radical (unpaired) electrons. The maximum Gasteiger partial charge on any atom is 0.514 e. The number of nitro groups is 1. The van der Waals surface area contributed by atoms with E-state index in [2.05, 4.69) is 0 Å². The monoisotopic (exact) mass is 312 g/mol. The molecule has 0 saturated heterocycles. The summed E-state index contributed by atoms with van der Waals surface area (Å²) >= 11 is 0. The van der Waals surface area contributed by atoms with Crippen LogP contribution >= 0.6 is 8.03 Å². The minimum absolute atomic E-state index is 0.0750. The molecule has 1 aromatic rings. The molecule has 1 aromatic carbocycles.